The third-order valence-corrected chi connectivity index (χ3v) is 9.19. The minimum Gasteiger partial charge on any atom is -0.507 e. The van der Waals surface area contributed by atoms with Gasteiger partial charge in [0.05, 0.1) is 11.4 Å². The molecule has 4 heteroatoms. The van der Waals surface area contributed by atoms with E-state index in [4.69, 9.17) is 9.97 Å². The van der Waals surface area contributed by atoms with Crippen LogP contribution in [-0.4, -0.2) is 19.5 Å². The van der Waals surface area contributed by atoms with E-state index in [0.29, 0.717) is 11.5 Å². The molecular weight excluding hydrogens is 611 g/mol. The van der Waals surface area contributed by atoms with Crippen molar-refractivity contribution in [3.63, 3.8) is 0 Å². The number of aromatic hydroxyl groups is 1. The van der Waals surface area contributed by atoms with Crippen molar-refractivity contribution in [2.24, 2.45) is 5.92 Å². The second-order valence-corrected chi connectivity index (χ2v) is 13.2. The zero-order valence-corrected chi connectivity index (χ0v) is 28.2. The Morgan fingerprint density at radius 2 is 1.20 bits per heavy atom. The number of phenolic OH excluding ortho intramolecular Hbond substituents is 1. The van der Waals surface area contributed by atoms with Crippen molar-refractivity contribution in [1.29, 1.82) is 0 Å². The van der Waals surface area contributed by atoms with Gasteiger partial charge in [-0.1, -0.05) is 117 Å². The van der Waals surface area contributed by atoms with Crippen LogP contribution in [0.4, 0.5) is 0 Å². The van der Waals surface area contributed by atoms with Gasteiger partial charge in [0.25, 0.3) is 0 Å². The van der Waals surface area contributed by atoms with Gasteiger partial charge in [-0.2, -0.15) is 0 Å². The first-order chi connectivity index (χ1) is 24.5. The molecule has 0 amide bonds. The van der Waals surface area contributed by atoms with E-state index in [2.05, 4.69) is 140 Å². The molecule has 0 atom stereocenters. The Kier molecular flexibility index (Phi) is 8.27. The minimum absolute atomic E-state index is 0.196. The summed E-state index contributed by atoms with van der Waals surface area (Å²) < 4.78 is 2.18. The number of para-hydroxylation sites is 1. The quantitative estimate of drug-likeness (QED) is 0.179. The summed E-state index contributed by atoms with van der Waals surface area (Å²) in [6.07, 6.45) is 4.92. The normalized spacial score (nSPS) is 11.3. The lowest BCUT2D eigenvalue weighted by Crippen LogP contribution is -1.97. The number of benzene rings is 5. The highest BCUT2D eigenvalue weighted by Crippen LogP contribution is 2.43. The predicted octanol–water partition coefficient (Wildman–Crippen LogP) is 11.6. The summed E-state index contributed by atoms with van der Waals surface area (Å²) in [5.41, 5.74) is 14.1. The monoisotopic (exact) mass is 647 g/mol. The average molecular weight is 648 g/mol. The van der Waals surface area contributed by atoms with Crippen LogP contribution in [0.5, 0.6) is 5.75 Å². The van der Waals surface area contributed by atoms with E-state index in [-0.39, 0.29) is 5.75 Å². The molecule has 0 radical (unpaired) electrons. The molecule has 50 heavy (non-hydrogen) atoms. The molecule has 0 spiro atoms. The van der Waals surface area contributed by atoms with Crippen LogP contribution >= 0.6 is 0 Å². The lowest BCUT2D eigenvalue weighted by Gasteiger charge is -2.14. The molecule has 3 heterocycles. The number of hydrogen-bond acceptors (Lipinski definition) is 3. The predicted molar refractivity (Wildman–Crippen MR) is 206 cm³/mol. The van der Waals surface area contributed by atoms with Crippen molar-refractivity contribution in [3.8, 4) is 72.9 Å². The Balaban J connectivity index is 1.36. The van der Waals surface area contributed by atoms with Gasteiger partial charge in [0.2, 0.25) is 0 Å². The third kappa shape index (κ3) is 5.97. The first kappa shape index (κ1) is 31.0. The number of pyridine rings is 2. The van der Waals surface area contributed by atoms with Crippen LogP contribution in [-0.2, 0) is 6.42 Å². The van der Waals surface area contributed by atoms with Crippen molar-refractivity contribution in [2.45, 2.75) is 20.3 Å². The van der Waals surface area contributed by atoms with Crippen molar-refractivity contribution >= 4 is 5.65 Å². The van der Waals surface area contributed by atoms with Gasteiger partial charge in [-0.25, -0.2) is 4.98 Å². The zero-order valence-electron chi connectivity index (χ0n) is 28.2. The van der Waals surface area contributed by atoms with Crippen LogP contribution in [0.15, 0.2) is 164 Å². The van der Waals surface area contributed by atoms with E-state index in [1.165, 1.54) is 5.56 Å². The van der Waals surface area contributed by atoms with E-state index >= 15 is 0 Å². The largest absolute Gasteiger partial charge is 0.507 e. The minimum atomic E-state index is 0.196. The number of imidazole rings is 1. The van der Waals surface area contributed by atoms with Gasteiger partial charge in [0, 0.05) is 34.6 Å². The topological polar surface area (TPSA) is 50.4 Å². The fourth-order valence-electron chi connectivity index (χ4n) is 6.95. The fourth-order valence-corrected chi connectivity index (χ4v) is 6.95. The SMILES string of the molecule is CC(C)Cc1cc(-c2cc(-c3ccccc3)ccn2)cc(-c2cccn3c(-c4ccccc4-c4ccccc4)c(-c4ccccc4O)nc23)c1. The highest BCUT2D eigenvalue weighted by molar-refractivity contribution is 5.94. The van der Waals surface area contributed by atoms with Crippen LogP contribution in [0, 0.1) is 5.92 Å². The molecule has 242 valence electrons. The zero-order chi connectivity index (χ0) is 34.0. The van der Waals surface area contributed by atoms with Gasteiger partial charge in [0.1, 0.15) is 17.1 Å². The summed E-state index contributed by atoms with van der Waals surface area (Å²) >= 11 is 0. The molecular formula is C46H37N3O. The number of aromatic nitrogens is 3. The molecule has 8 rings (SSSR count). The van der Waals surface area contributed by atoms with Crippen molar-refractivity contribution in [3.05, 3.63) is 170 Å². The summed E-state index contributed by atoms with van der Waals surface area (Å²) in [6, 6.07) is 52.1. The maximum absolute atomic E-state index is 11.2. The molecule has 4 nitrogen and oxygen atoms in total. The number of hydrogen-bond donors (Lipinski definition) is 1. The molecule has 0 aliphatic rings. The van der Waals surface area contributed by atoms with Crippen LogP contribution in [0.1, 0.15) is 19.4 Å². The van der Waals surface area contributed by atoms with Crippen LogP contribution in [0.3, 0.4) is 0 Å². The summed E-state index contributed by atoms with van der Waals surface area (Å²) in [7, 11) is 0. The first-order valence-electron chi connectivity index (χ1n) is 17.1. The van der Waals surface area contributed by atoms with Gasteiger partial charge in [-0.05, 0) is 94.3 Å². The van der Waals surface area contributed by atoms with Gasteiger partial charge in [-0.3, -0.25) is 9.38 Å². The number of fused-ring (bicyclic) bond motifs is 1. The summed E-state index contributed by atoms with van der Waals surface area (Å²) in [5, 5.41) is 11.2. The standard InChI is InChI=1S/C46H37N3O/c1-31(2)26-32-27-36(29-37(28-32)42-30-35(23-24-47-42)33-14-5-3-6-15-33)39-21-13-25-49-45(44(48-46(39)49)41-20-11-12-22-43(41)50)40-19-10-9-18-38(40)34-16-7-4-8-17-34/h3-25,27-31,50H,26H2,1-2H3. The van der Waals surface area contributed by atoms with E-state index < -0.39 is 0 Å². The lowest BCUT2D eigenvalue weighted by atomic mass is 9.93. The van der Waals surface area contributed by atoms with E-state index in [9.17, 15) is 5.11 Å². The third-order valence-electron chi connectivity index (χ3n) is 9.19. The van der Waals surface area contributed by atoms with Gasteiger partial charge in [-0.15, -0.1) is 0 Å². The summed E-state index contributed by atoms with van der Waals surface area (Å²) in [5.74, 6) is 0.680. The lowest BCUT2D eigenvalue weighted by molar-refractivity contribution is 0.477. The smallest absolute Gasteiger partial charge is 0.145 e. The molecule has 0 aliphatic heterocycles. The van der Waals surface area contributed by atoms with E-state index in [1.807, 2.05) is 36.5 Å². The second kappa shape index (κ2) is 13.3. The Morgan fingerprint density at radius 1 is 0.560 bits per heavy atom. The maximum atomic E-state index is 11.2. The number of rotatable bonds is 8. The Bertz CT molecular complexity index is 2440. The van der Waals surface area contributed by atoms with Crippen LogP contribution in [0.2, 0.25) is 0 Å². The highest BCUT2D eigenvalue weighted by atomic mass is 16.3. The van der Waals surface area contributed by atoms with Gasteiger partial charge in [0.15, 0.2) is 0 Å². The maximum Gasteiger partial charge on any atom is 0.145 e. The number of nitrogens with zero attached hydrogens (tertiary/aromatic N) is 3. The van der Waals surface area contributed by atoms with Crippen LogP contribution < -0.4 is 0 Å². The van der Waals surface area contributed by atoms with E-state index in [0.717, 1.165) is 73.7 Å². The Hall–Kier alpha value is -6.26. The molecule has 0 saturated heterocycles. The van der Waals surface area contributed by atoms with Gasteiger partial charge >= 0.3 is 0 Å². The molecule has 0 bridgehead atoms. The Morgan fingerprint density at radius 3 is 1.94 bits per heavy atom. The first-order valence-corrected chi connectivity index (χ1v) is 17.1. The summed E-state index contributed by atoms with van der Waals surface area (Å²) in [4.78, 5) is 10.2. The molecule has 3 aromatic heterocycles. The molecule has 5 aromatic carbocycles. The Labute approximate surface area is 293 Å². The van der Waals surface area contributed by atoms with Crippen molar-refractivity contribution < 1.29 is 5.11 Å². The van der Waals surface area contributed by atoms with Gasteiger partial charge < -0.3 is 5.11 Å². The highest BCUT2D eigenvalue weighted by Gasteiger charge is 2.23. The molecule has 0 unspecified atom stereocenters. The molecule has 0 aliphatic carbocycles. The number of phenols is 1. The summed E-state index contributed by atoms with van der Waals surface area (Å²) in [6.45, 7) is 4.51. The fraction of sp³-hybridized carbons (Fsp3) is 0.0870. The molecule has 1 N–H and O–H groups in total. The van der Waals surface area contributed by atoms with E-state index in [1.54, 1.807) is 6.07 Å². The van der Waals surface area contributed by atoms with Crippen molar-refractivity contribution in [2.75, 3.05) is 0 Å². The molecule has 8 aromatic rings. The second-order valence-electron chi connectivity index (χ2n) is 13.2. The van der Waals surface area contributed by atoms with Crippen LogP contribution in [0.25, 0.3) is 72.8 Å². The molecule has 0 saturated carbocycles. The molecule has 0 fully saturated rings. The average Bonchev–Trinajstić information content (AvgIpc) is 3.55. The van der Waals surface area contributed by atoms with Crippen molar-refractivity contribution in [1.82, 2.24) is 14.4 Å².